The molecule has 0 bridgehead atoms. The first-order valence-electron chi connectivity index (χ1n) is 2.60. The Labute approximate surface area is 66.4 Å². The topological polar surface area (TPSA) is 56.0 Å². The van der Waals surface area contributed by atoms with Gasteiger partial charge >= 0.3 is 0 Å². The molecule has 0 radical (unpaired) electrons. The van der Waals surface area contributed by atoms with Crippen LogP contribution in [0, 0.1) is 0 Å². The normalized spacial score (nSPS) is 9.30. The quantitative estimate of drug-likeness (QED) is 0.695. The minimum absolute atomic E-state index is 0.340. The van der Waals surface area contributed by atoms with Crippen LogP contribution in [0.1, 0.15) is 10.5 Å². The Morgan fingerprint density at radius 3 is 2.80 bits per heavy atom. The summed E-state index contributed by atoms with van der Waals surface area (Å²) in [5.74, 6) is 0.344. The van der Waals surface area contributed by atoms with Crippen molar-refractivity contribution < 1.29 is 4.79 Å². The molecule has 52 valence electrons. The molecule has 0 amide bonds. The van der Waals surface area contributed by atoms with Crippen LogP contribution in [0.2, 0.25) is 0 Å². The highest BCUT2D eigenvalue weighted by Crippen LogP contribution is 2.12. The zero-order chi connectivity index (χ0) is 7.56. The maximum absolute atomic E-state index is 10.2. The van der Waals surface area contributed by atoms with Crippen molar-refractivity contribution in [1.82, 2.24) is 4.98 Å². The van der Waals surface area contributed by atoms with Crippen molar-refractivity contribution in [3.05, 3.63) is 22.3 Å². The average molecular weight is 201 g/mol. The third kappa shape index (κ3) is 1.54. The number of anilines is 1. The Bertz CT molecular complexity index is 242. The third-order valence-electron chi connectivity index (χ3n) is 0.950. The van der Waals surface area contributed by atoms with Gasteiger partial charge in [-0.25, -0.2) is 4.98 Å². The number of nitrogen functional groups attached to an aromatic ring is 1. The van der Waals surface area contributed by atoms with E-state index in [2.05, 4.69) is 20.9 Å². The second-order valence-corrected chi connectivity index (χ2v) is 2.67. The van der Waals surface area contributed by atoms with Crippen LogP contribution in [0.3, 0.4) is 0 Å². The molecule has 3 nitrogen and oxygen atoms in total. The summed E-state index contributed by atoms with van der Waals surface area (Å²) >= 11 is 3.17. The number of aromatic nitrogens is 1. The van der Waals surface area contributed by atoms with Gasteiger partial charge in [-0.05, 0) is 12.1 Å². The second-order valence-electron chi connectivity index (χ2n) is 1.75. The van der Waals surface area contributed by atoms with Crippen LogP contribution in [0.4, 0.5) is 5.82 Å². The Kier molecular flexibility index (Phi) is 2.01. The van der Waals surface area contributed by atoms with Gasteiger partial charge in [0.05, 0.1) is 0 Å². The van der Waals surface area contributed by atoms with E-state index in [0.29, 0.717) is 17.8 Å². The van der Waals surface area contributed by atoms with E-state index < -0.39 is 0 Å². The maximum atomic E-state index is 10.2. The Hall–Kier alpha value is -0.900. The van der Waals surface area contributed by atoms with Crippen molar-refractivity contribution >= 4 is 28.0 Å². The minimum atomic E-state index is 0.340. The molecule has 0 spiro atoms. The van der Waals surface area contributed by atoms with Gasteiger partial charge in [0.25, 0.3) is 0 Å². The Morgan fingerprint density at radius 2 is 2.30 bits per heavy atom. The maximum Gasteiger partial charge on any atom is 0.168 e. The van der Waals surface area contributed by atoms with Crippen LogP contribution in [0.5, 0.6) is 0 Å². The predicted octanol–water partition coefficient (Wildman–Crippen LogP) is 1.24. The van der Waals surface area contributed by atoms with Gasteiger partial charge in [0.2, 0.25) is 0 Å². The number of aldehydes is 1. The molecule has 10 heavy (non-hydrogen) atoms. The summed E-state index contributed by atoms with van der Waals surface area (Å²) in [6, 6.07) is 3.23. The van der Waals surface area contributed by atoms with Crippen molar-refractivity contribution in [3.63, 3.8) is 0 Å². The number of hydrogen-bond acceptors (Lipinski definition) is 3. The number of carbonyl (C=O) groups excluding carboxylic acids is 1. The van der Waals surface area contributed by atoms with E-state index in [9.17, 15) is 4.79 Å². The lowest BCUT2D eigenvalue weighted by atomic mass is 10.4. The lowest BCUT2D eigenvalue weighted by Crippen LogP contribution is -1.93. The molecule has 1 aromatic rings. The van der Waals surface area contributed by atoms with Crippen molar-refractivity contribution in [2.24, 2.45) is 0 Å². The van der Waals surface area contributed by atoms with E-state index in [0.717, 1.165) is 4.47 Å². The van der Waals surface area contributed by atoms with Crippen LogP contribution in [-0.2, 0) is 0 Å². The summed E-state index contributed by atoms with van der Waals surface area (Å²) in [6.07, 6.45) is 0.654. The lowest BCUT2D eigenvalue weighted by Gasteiger charge is -1.94. The number of rotatable bonds is 1. The first-order chi connectivity index (χ1) is 4.72. The molecule has 0 aliphatic carbocycles. The molecule has 0 saturated heterocycles. The monoisotopic (exact) mass is 200 g/mol. The van der Waals surface area contributed by atoms with Gasteiger partial charge in [-0.3, -0.25) is 4.79 Å². The zero-order valence-corrected chi connectivity index (χ0v) is 6.63. The van der Waals surface area contributed by atoms with E-state index in [1.54, 1.807) is 12.1 Å². The second kappa shape index (κ2) is 2.79. The molecule has 0 aromatic carbocycles. The number of carbonyl (C=O) groups is 1. The molecule has 4 heteroatoms. The number of nitrogens with zero attached hydrogens (tertiary/aromatic N) is 1. The smallest absolute Gasteiger partial charge is 0.168 e. The number of halogens is 1. The number of pyridine rings is 1. The molecule has 0 atom stereocenters. The van der Waals surface area contributed by atoms with E-state index in [-0.39, 0.29) is 0 Å². The fourth-order valence-electron chi connectivity index (χ4n) is 0.598. The van der Waals surface area contributed by atoms with Gasteiger partial charge in [0.1, 0.15) is 11.5 Å². The molecule has 0 aliphatic rings. The van der Waals surface area contributed by atoms with Crippen LogP contribution in [0.25, 0.3) is 0 Å². The zero-order valence-electron chi connectivity index (χ0n) is 5.04. The number of hydrogen-bond donors (Lipinski definition) is 1. The Balaban J connectivity index is 3.18. The largest absolute Gasteiger partial charge is 0.384 e. The summed E-state index contributed by atoms with van der Waals surface area (Å²) in [7, 11) is 0. The molecule has 1 rings (SSSR count). The third-order valence-corrected chi connectivity index (χ3v) is 1.41. The fourth-order valence-corrected chi connectivity index (χ4v) is 1.07. The highest BCUT2D eigenvalue weighted by molar-refractivity contribution is 9.10. The van der Waals surface area contributed by atoms with Crippen molar-refractivity contribution in [2.75, 3.05) is 5.73 Å². The summed E-state index contributed by atoms with van der Waals surface area (Å²) in [5, 5.41) is 0. The van der Waals surface area contributed by atoms with Gasteiger partial charge in [-0.15, -0.1) is 0 Å². The molecule has 2 N–H and O–H groups in total. The standard InChI is InChI=1S/C6H5BrN2O/c7-4-1-5(3-10)9-6(8)2-4/h1-3H,(H2,8,9). The summed E-state index contributed by atoms with van der Waals surface area (Å²) < 4.78 is 0.766. The van der Waals surface area contributed by atoms with E-state index in [1.807, 2.05) is 0 Å². The summed E-state index contributed by atoms with van der Waals surface area (Å²) in [4.78, 5) is 13.9. The van der Waals surface area contributed by atoms with Crippen LogP contribution >= 0.6 is 15.9 Å². The van der Waals surface area contributed by atoms with Crippen molar-refractivity contribution in [3.8, 4) is 0 Å². The lowest BCUT2D eigenvalue weighted by molar-refractivity contribution is 0.111. The van der Waals surface area contributed by atoms with Crippen molar-refractivity contribution in [1.29, 1.82) is 0 Å². The molecular weight excluding hydrogens is 196 g/mol. The molecule has 0 fully saturated rings. The SMILES string of the molecule is Nc1cc(Br)cc(C=O)n1. The Morgan fingerprint density at radius 1 is 1.60 bits per heavy atom. The minimum Gasteiger partial charge on any atom is -0.384 e. The molecule has 0 aliphatic heterocycles. The highest BCUT2D eigenvalue weighted by atomic mass is 79.9. The number of nitrogens with two attached hydrogens (primary N) is 1. The van der Waals surface area contributed by atoms with E-state index in [1.165, 1.54) is 0 Å². The van der Waals surface area contributed by atoms with Gasteiger partial charge in [0.15, 0.2) is 6.29 Å². The van der Waals surface area contributed by atoms with E-state index in [4.69, 9.17) is 5.73 Å². The molecule has 0 saturated carbocycles. The first-order valence-corrected chi connectivity index (χ1v) is 3.40. The molecule has 1 aromatic heterocycles. The van der Waals surface area contributed by atoms with Gasteiger partial charge in [-0.1, -0.05) is 15.9 Å². The highest BCUT2D eigenvalue weighted by Gasteiger charge is 1.95. The van der Waals surface area contributed by atoms with Gasteiger partial charge in [-0.2, -0.15) is 0 Å². The van der Waals surface area contributed by atoms with Gasteiger partial charge in [0, 0.05) is 4.47 Å². The summed E-state index contributed by atoms with van der Waals surface area (Å²) in [5.41, 5.74) is 5.67. The van der Waals surface area contributed by atoms with Crippen LogP contribution < -0.4 is 5.73 Å². The van der Waals surface area contributed by atoms with E-state index >= 15 is 0 Å². The van der Waals surface area contributed by atoms with Crippen LogP contribution in [0.15, 0.2) is 16.6 Å². The first kappa shape index (κ1) is 7.21. The molecule has 0 unspecified atom stereocenters. The predicted molar refractivity (Wildman–Crippen MR) is 41.7 cm³/mol. The fraction of sp³-hybridized carbons (Fsp3) is 0. The van der Waals surface area contributed by atoms with Crippen LogP contribution in [-0.4, -0.2) is 11.3 Å². The van der Waals surface area contributed by atoms with Crippen molar-refractivity contribution in [2.45, 2.75) is 0 Å². The molecular formula is C6H5BrN2O. The average Bonchev–Trinajstić information content (AvgIpc) is 1.85. The van der Waals surface area contributed by atoms with Gasteiger partial charge < -0.3 is 5.73 Å². The molecule has 1 heterocycles. The summed E-state index contributed by atoms with van der Waals surface area (Å²) in [6.45, 7) is 0.